The summed E-state index contributed by atoms with van der Waals surface area (Å²) in [6.45, 7) is 5.41. The number of carbonyl (C=O) groups excluding carboxylic acids is 1. The zero-order valence-electron chi connectivity index (χ0n) is 8.32. The van der Waals surface area contributed by atoms with Crippen LogP contribution >= 0.6 is 11.3 Å². The van der Waals surface area contributed by atoms with Gasteiger partial charge in [0.25, 0.3) is 0 Å². The lowest BCUT2D eigenvalue weighted by atomic mass is 10.2. The molecule has 0 unspecified atom stereocenters. The third-order valence-corrected chi connectivity index (χ3v) is 3.48. The molecule has 1 aliphatic heterocycles. The fourth-order valence-electron chi connectivity index (χ4n) is 1.83. The summed E-state index contributed by atoms with van der Waals surface area (Å²) in [4.78, 5) is 18.6. The Kier molecular flexibility index (Phi) is 2.93. The van der Waals surface area contributed by atoms with Crippen molar-refractivity contribution in [1.82, 2.24) is 9.88 Å². The maximum absolute atomic E-state index is 10.6. The fourth-order valence-corrected chi connectivity index (χ4v) is 2.79. The Morgan fingerprint density at radius 3 is 3.21 bits per heavy atom. The number of hydrogen-bond donors (Lipinski definition) is 0. The Labute approximate surface area is 87.8 Å². The molecule has 0 saturated carbocycles. The number of rotatable bonds is 3. The Morgan fingerprint density at radius 1 is 1.64 bits per heavy atom. The van der Waals surface area contributed by atoms with Crippen molar-refractivity contribution in [3.63, 3.8) is 0 Å². The average Bonchev–Trinajstić information content (AvgIpc) is 2.60. The van der Waals surface area contributed by atoms with Crippen LogP contribution in [0.25, 0.3) is 0 Å². The van der Waals surface area contributed by atoms with Crippen LogP contribution in [0.3, 0.4) is 0 Å². The molecule has 3 nitrogen and oxygen atoms in total. The van der Waals surface area contributed by atoms with Gasteiger partial charge in [0.05, 0.1) is 5.69 Å². The molecule has 1 aliphatic rings. The van der Waals surface area contributed by atoms with Gasteiger partial charge in [-0.05, 0) is 13.0 Å². The minimum absolute atomic E-state index is 0.633. The molecule has 0 bridgehead atoms. The van der Waals surface area contributed by atoms with Gasteiger partial charge in [-0.2, -0.15) is 0 Å². The first kappa shape index (κ1) is 9.80. The van der Waals surface area contributed by atoms with E-state index in [4.69, 9.17) is 0 Å². The number of aromatic nitrogens is 1. The highest BCUT2D eigenvalue weighted by Crippen LogP contribution is 2.24. The van der Waals surface area contributed by atoms with E-state index in [9.17, 15) is 4.79 Å². The van der Waals surface area contributed by atoms with Crippen LogP contribution in [-0.4, -0.2) is 29.3 Å². The van der Waals surface area contributed by atoms with Crippen LogP contribution in [0.2, 0.25) is 0 Å². The predicted octanol–water partition coefficient (Wildman–Crippen LogP) is 1.72. The molecular formula is C10H14N2OS. The maximum atomic E-state index is 10.6. The number of nitrogens with zero attached hydrogens (tertiary/aromatic N) is 2. The molecule has 14 heavy (non-hydrogen) atoms. The number of aldehydes is 1. The van der Waals surface area contributed by atoms with Crippen molar-refractivity contribution in [1.29, 1.82) is 0 Å². The van der Waals surface area contributed by atoms with Crippen LogP contribution in [-0.2, 0) is 13.0 Å². The highest BCUT2D eigenvalue weighted by Gasteiger charge is 2.19. The molecular weight excluding hydrogens is 196 g/mol. The van der Waals surface area contributed by atoms with Gasteiger partial charge in [0.15, 0.2) is 11.3 Å². The highest BCUT2D eigenvalue weighted by molar-refractivity contribution is 7.13. The van der Waals surface area contributed by atoms with Crippen molar-refractivity contribution < 1.29 is 4.79 Å². The number of hydrogen-bond acceptors (Lipinski definition) is 4. The molecule has 0 fully saturated rings. The van der Waals surface area contributed by atoms with E-state index in [-0.39, 0.29) is 0 Å². The minimum Gasteiger partial charge on any atom is -0.298 e. The molecule has 76 valence electrons. The topological polar surface area (TPSA) is 33.2 Å². The van der Waals surface area contributed by atoms with E-state index < -0.39 is 0 Å². The van der Waals surface area contributed by atoms with E-state index in [0.29, 0.717) is 5.01 Å². The molecule has 0 N–H and O–H groups in total. The third kappa shape index (κ3) is 1.86. The summed E-state index contributed by atoms with van der Waals surface area (Å²) >= 11 is 1.54. The van der Waals surface area contributed by atoms with Crippen molar-refractivity contribution in [2.75, 3.05) is 13.1 Å². The third-order valence-electron chi connectivity index (χ3n) is 2.47. The first-order chi connectivity index (χ1) is 6.83. The molecule has 0 aromatic carbocycles. The first-order valence-corrected chi connectivity index (χ1v) is 5.81. The summed E-state index contributed by atoms with van der Waals surface area (Å²) in [5.41, 5.74) is 1.14. The van der Waals surface area contributed by atoms with Crippen LogP contribution in [0.15, 0.2) is 0 Å². The quantitative estimate of drug-likeness (QED) is 0.712. The second-order valence-corrected chi connectivity index (χ2v) is 4.68. The van der Waals surface area contributed by atoms with Crippen molar-refractivity contribution in [2.45, 2.75) is 26.3 Å². The van der Waals surface area contributed by atoms with Gasteiger partial charge in [-0.3, -0.25) is 9.69 Å². The van der Waals surface area contributed by atoms with Crippen LogP contribution in [0.5, 0.6) is 0 Å². The van der Waals surface area contributed by atoms with Crippen molar-refractivity contribution in [3.8, 4) is 0 Å². The van der Waals surface area contributed by atoms with Gasteiger partial charge in [-0.15, -0.1) is 11.3 Å². The van der Waals surface area contributed by atoms with E-state index in [1.165, 1.54) is 11.3 Å². The molecule has 0 amide bonds. The number of fused-ring (bicyclic) bond motifs is 1. The molecule has 0 saturated heterocycles. The predicted molar refractivity (Wildman–Crippen MR) is 56.8 cm³/mol. The Bertz CT molecular complexity index is 335. The molecule has 1 aromatic rings. The molecule has 0 aliphatic carbocycles. The van der Waals surface area contributed by atoms with Crippen molar-refractivity contribution >= 4 is 17.6 Å². The molecule has 1 aromatic heterocycles. The van der Waals surface area contributed by atoms with Gasteiger partial charge in [0, 0.05) is 24.4 Å². The normalized spacial score (nSPS) is 16.6. The molecule has 4 heteroatoms. The molecule has 0 spiro atoms. The summed E-state index contributed by atoms with van der Waals surface area (Å²) in [7, 11) is 0. The van der Waals surface area contributed by atoms with E-state index in [2.05, 4.69) is 16.8 Å². The zero-order chi connectivity index (χ0) is 9.97. The highest BCUT2D eigenvalue weighted by atomic mass is 32.1. The second-order valence-electron chi connectivity index (χ2n) is 3.57. The van der Waals surface area contributed by atoms with Crippen LogP contribution in [0.4, 0.5) is 0 Å². The van der Waals surface area contributed by atoms with Gasteiger partial charge in [-0.1, -0.05) is 6.92 Å². The Morgan fingerprint density at radius 2 is 2.50 bits per heavy atom. The molecule has 0 atom stereocenters. The van der Waals surface area contributed by atoms with Crippen molar-refractivity contribution in [3.05, 3.63) is 15.6 Å². The van der Waals surface area contributed by atoms with Crippen LogP contribution < -0.4 is 0 Å². The lowest BCUT2D eigenvalue weighted by molar-refractivity contribution is 0.112. The summed E-state index contributed by atoms with van der Waals surface area (Å²) in [6, 6.07) is 0. The monoisotopic (exact) mass is 210 g/mol. The SMILES string of the molecule is CCCN1CCc2nc(C=O)sc2C1. The largest absolute Gasteiger partial charge is 0.298 e. The summed E-state index contributed by atoms with van der Waals surface area (Å²) < 4.78 is 0. The van der Waals surface area contributed by atoms with Gasteiger partial charge in [-0.25, -0.2) is 4.98 Å². The van der Waals surface area contributed by atoms with Crippen LogP contribution in [0.1, 0.15) is 33.7 Å². The second kappa shape index (κ2) is 4.19. The summed E-state index contributed by atoms with van der Waals surface area (Å²) in [5.74, 6) is 0. The lowest BCUT2D eigenvalue weighted by Crippen LogP contribution is -2.30. The van der Waals surface area contributed by atoms with Crippen LogP contribution in [0, 0.1) is 0 Å². The maximum Gasteiger partial charge on any atom is 0.178 e. The molecule has 0 radical (unpaired) electrons. The number of thiazole rings is 1. The van der Waals surface area contributed by atoms with Gasteiger partial charge < -0.3 is 0 Å². The smallest absolute Gasteiger partial charge is 0.178 e. The average molecular weight is 210 g/mol. The summed E-state index contributed by atoms with van der Waals surface area (Å²) in [6.07, 6.45) is 3.04. The lowest BCUT2D eigenvalue weighted by Gasteiger charge is -2.25. The summed E-state index contributed by atoms with van der Waals surface area (Å²) in [5, 5.41) is 0.633. The van der Waals surface area contributed by atoms with E-state index >= 15 is 0 Å². The molecule has 2 rings (SSSR count). The minimum atomic E-state index is 0.633. The van der Waals surface area contributed by atoms with Crippen molar-refractivity contribution in [2.24, 2.45) is 0 Å². The fraction of sp³-hybridized carbons (Fsp3) is 0.600. The standard InChI is InChI=1S/C10H14N2OS/c1-2-4-12-5-3-8-9(6-12)14-10(7-13)11-8/h7H,2-6H2,1H3. The first-order valence-electron chi connectivity index (χ1n) is 4.99. The van der Waals surface area contributed by atoms with E-state index in [0.717, 1.165) is 38.0 Å². The Hall–Kier alpha value is -0.740. The van der Waals surface area contributed by atoms with Gasteiger partial charge in [0.2, 0.25) is 0 Å². The molecule has 2 heterocycles. The number of carbonyl (C=O) groups is 1. The zero-order valence-corrected chi connectivity index (χ0v) is 9.14. The Balaban J connectivity index is 2.13. The van der Waals surface area contributed by atoms with Gasteiger partial charge in [0.1, 0.15) is 0 Å². The van der Waals surface area contributed by atoms with E-state index in [1.807, 2.05) is 0 Å². The van der Waals surface area contributed by atoms with Gasteiger partial charge >= 0.3 is 0 Å². The van der Waals surface area contributed by atoms with E-state index in [1.54, 1.807) is 11.3 Å².